The highest BCUT2D eigenvalue weighted by Gasteiger charge is 2.22. The molecule has 0 atom stereocenters. The van der Waals surface area contributed by atoms with Crippen LogP contribution in [0.2, 0.25) is 0 Å². The molecule has 0 spiro atoms. The Morgan fingerprint density at radius 2 is 0.889 bits per heavy atom. The Morgan fingerprint density at radius 3 is 0.889 bits per heavy atom. The number of rotatable bonds is 4. The van der Waals surface area contributed by atoms with Gasteiger partial charge in [0.25, 0.3) is 0 Å². The molecule has 0 amide bonds. The maximum Gasteiger partial charge on any atom is 0.383 e. The van der Waals surface area contributed by atoms with Crippen LogP contribution in [0.4, 0.5) is 0 Å². The normalized spacial score (nSPS) is 9.78. The maximum absolute atomic E-state index is 8.09. The van der Waals surface area contributed by atoms with Crippen molar-refractivity contribution in [2.45, 2.75) is 27.7 Å². The Kier molecular flexibility index (Phi) is 9.24. The third-order valence-corrected chi connectivity index (χ3v) is 3.46. The van der Waals surface area contributed by atoms with E-state index in [1.54, 1.807) is 0 Å². The Labute approximate surface area is 110 Å². The largest absolute Gasteiger partial charge is 0.383 e. The number of hydrogen-bond acceptors (Lipinski definition) is 4. The monoisotopic (exact) mass is 245 g/mol. The molecule has 5 nitrogen and oxygen atoms in total. The van der Waals surface area contributed by atoms with Gasteiger partial charge in [0.1, 0.15) is 0 Å². The van der Waals surface area contributed by atoms with Gasteiger partial charge in [-0.2, -0.15) is 0 Å². The minimum absolute atomic E-state index is 1.28. The molecular weight excluding hydrogens is 225 g/mol. The second-order valence-corrected chi connectivity index (χ2v) is 3.99. The molecule has 6 heteroatoms. The predicted octanol–water partition coefficient (Wildman–Crippen LogP) is 1.57. The zero-order valence-corrected chi connectivity index (χ0v) is 11.6. The minimum atomic E-state index is -2.72. The molecule has 96 valence electrons. The molecule has 0 aliphatic heterocycles. The van der Waals surface area contributed by atoms with Gasteiger partial charge in [0.05, 0.1) is 26.2 Å². The van der Waals surface area contributed by atoms with Gasteiger partial charge in [-0.25, -0.2) is 21.0 Å². The smallest absolute Gasteiger partial charge is 0.325 e. The summed E-state index contributed by atoms with van der Waals surface area (Å²) in [7, 11) is 0. The topological polar surface area (TPSA) is 95.2 Å². The SMILES string of the molecule is CC[N+](CC)(CC)CC.N#C[B-](C#N)(C#N)C#N. The Bertz CT molecular complexity index is 321. The van der Waals surface area contributed by atoms with Gasteiger partial charge in [-0.05, 0) is 27.7 Å². The zero-order chi connectivity index (χ0) is 14.7. The van der Waals surface area contributed by atoms with Crippen molar-refractivity contribution < 1.29 is 4.48 Å². The summed E-state index contributed by atoms with van der Waals surface area (Å²) in [6.45, 7) is 14.2. The molecule has 0 saturated heterocycles. The average molecular weight is 245 g/mol. The fraction of sp³-hybridized carbons (Fsp3) is 0.667. The summed E-state index contributed by atoms with van der Waals surface area (Å²) in [6, 6.07) is 0. The van der Waals surface area contributed by atoms with Crippen LogP contribution in [0.15, 0.2) is 0 Å². The van der Waals surface area contributed by atoms with Crippen LogP contribution in [0.1, 0.15) is 27.7 Å². The molecule has 0 aromatic rings. The van der Waals surface area contributed by atoms with Gasteiger partial charge < -0.3 is 4.48 Å². The van der Waals surface area contributed by atoms with Crippen LogP contribution in [0.25, 0.3) is 0 Å². The van der Waals surface area contributed by atoms with Crippen LogP contribution in [0.3, 0.4) is 0 Å². The molecule has 18 heavy (non-hydrogen) atoms. The summed E-state index contributed by atoms with van der Waals surface area (Å²) < 4.78 is 1.28. The Morgan fingerprint density at radius 1 is 0.667 bits per heavy atom. The van der Waals surface area contributed by atoms with Crippen molar-refractivity contribution in [2.75, 3.05) is 26.2 Å². The summed E-state index contributed by atoms with van der Waals surface area (Å²) >= 11 is 0. The molecule has 0 bridgehead atoms. The van der Waals surface area contributed by atoms with Crippen LogP contribution in [-0.4, -0.2) is 36.8 Å². The van der Waals surface area contributed by atoms with E-state index in [2.05, 4.69) is 27.7 Å². The second-order valence-electron chi connectivity index (χ2n) is 3.99. The minimum Gasteiger partial charge on any atom is -0.325 e. The van der Waals surface area contributed by atoms with Gasteiger partial charge in [-0.3, -0.25) is 0 Å². The van der Waals surface area contributed by atoms with E-state index in [9.17, 15) is 0 Å². The van der Waals surface area contributed by atoms with Crippen molar-refractivity contribution in [1.29, 1.82) is 21.0 Å². The molecule has 0 heterocycles. The van der Waals surface area contributed by atoms with E-state index in [0.29, 0.717) is 0 Å². The van der Waals surface area contributed by atoms with Crippen molar-refractivity contribution in [2.24, 2.45) is 0 Å². The lowest BCUT2D eigenvalue weighted by Crippen LogP contribution is -2.47. The van der Waals surface area contributed by atoms with Gasteiger partial charge in [0.2, 0.25) is 0 Å². The summed E-state index contributed by atoms with van der Waals surface area (Å²) in [5.74, 6) is 5.38. The van der Waals surface area contributed by atoms with Crippen molar-refractivity contribution in [3.63, 3.8) is 0 Å². The highest BCUT2D eigenvalue weighted by molar-refractivity contribution is 7.05. The van der Waals surface area contributed by atoms with Gasteiger partial charge in [-0.1, -0.05) is 0 Å². The molecule has 0 radical (unpaired) electrons. The third kappa shape index (κ3) is 4.88. The molecule has 0 saturated carbocycles. The average Bonchev–Trinajstić information content (AvgIpc) is 2.46. The zero-order valence-electron chi connectivity index (χ0n) is 11.6. The van der Waals surface area contributed by atoms with Gasteiger partial charge in [0.15, 0.2) is 0 Å². The second kappa shape index (κ2) is 9.06. The van der Waals surface area contributed by atoms with E-state index in [1.807, 2.05) is 0 Å². The quantitative estimate of drug-likeness (QED) is 0.554. The van der Waals surface area contributed by atoms with E-state index in [0.717, 1.165) is 0 Å². The first-order chi connectivity index (χ1) is 8.49. The molecule has 0 N–H and O–H groups in total. The molecule has 0 aromatic heterocycles. The van der Waals surface area contributed by atoms with E-state index < -0.39 is 6.15 Å². The first-order valence-corrected chi connectivity index (χ1v) is 6.14. The molecular formula is C12H20BN5. The lowest BCUT2D eigenvalue weighted by atomic mass is 9.30. The van der Waals surface area contributed by atoms with Crippen LogP contribution in [-0.2, 0) is 0 Å². The third-order valence-electron chi connectivity index (χ3n) is 3.46. The number of hydrogen-bond donors (Lipinski definition) is 0. The summed E-state index contributed by atoms with van der Waals surface area (Å²) in [6.07, 6.45) is -2.72. The maximum atomic E-state index is 8.09. The molecule has 0 unspecified atom stereocenters. The molecule has 0 rings (SSSR count). The molecule has 0 fully saturated rings. The predicted molar refractivity (Wildman–Crippen MR) is 70.6 cm³/mol. The van der Waals surface area contributed by atoms with Gasteiger partial charge in [-0.15, -0.1) is 23.9 Å². The van der Waals surface area contributed by atoms with Crippen molar-refractivity contribution in [3.8, 4) is 23.9 Å². The number of nitriles is 4. The summed E-state index contributed by atoms with van der Waals surface area (Å²) in [5, 5.41) is 32.3. The summed E-state index contributed by atoms with van der Waals surface area (Å²) in [4.78, 5) is 0. The van der Waals surface area contributed by atoms with Crippen molar-refractivity contribution in [1.82, 2.24) is 0 Å². The van der Waals surface area contributed by atoms with E-state index in [1.165, 1.54) is 54.5 Å². The van der Waals surface area contributed by atoms with Crippen LogP contribution in [0.5, 0.6) is 0 Å². The molecule has 0 aliphatic carbocycles. The van der Waals surface area contributed by atoms with Gasteiger partial charge >= 0.3 is 6.15 Å². The van der Waals surface area contributed by atoms with E-state index >= 15 is 0 Å². The fourth-order valence-corrected chi connectivity index (χ4v) is 1.51. The standard InChI is InChI=1S/C8H20N.C4BN4/c1-5-9(6-2,7-3)8-4;6-1-5(2-7,3-8)4-9/h5-8H2,1-4H3;/q+1;-1. The van der Waals surface area contributed by atoms with E-state index in [-0.39, 0.29) is 0 Å². The van der Waals surface area contributed by atoms with Crippen LogP contribution < -0.4 is 0 Å². The lowest BCUT2D eigenvalue weighted by molar-refractivity contribution is -0.921. The Balaban J connectivity index is 0. The van der Waals surface area contributed by atoms with Gasteiger partial charge in [0, 0.05) is 0 Å². The highest BCUT2D eigenvalue weighted by atomic mass is 15.3. The van der Waals surface area contributed by atoms with Crippen molar-refractivity contribution >= 4 is 6.15 Å². The number of quaternary nitrogens is 1. The molecule has 0 aliphatic rings. The first kappa shape index (κ1) is 18.4. The first-order valence-electron chi connectivity index (χ1n) is 6.14. The Hall–Kier alpha value is -2.02. The number of nitrogens with zero attached hydrogens (tertiary/aromatic N) is 5. The summed E-state index contributed by atoms with van der Waals surface area (Å²) in [5.41, 5.74) is 0. The lowest BCUT2D eigenvalue weighted by Gasteiger charge is -2.34. The van der Waals surface area contributed by atoms with Crippen LogP contribution in [0, 0.1) is 44.9 Å². The molecule has 0 aromatic carbocycles. The highest BCUT2D eigenvalue weighted by Crippen LogP contribution is 2.03. The van der Waals surface area contributed by atoms with Crippen LogP contribution >= 0.6 is 0 Å². The van der Waals surface area contributed by atoms with Crippen molar-refractivity contribution in [3.05, 3.63) is 0 Å². The fourth-order valence-electron chi connectivity index (χ4n) is 1.51. The van der Waals surface area contributed by atoms with E-state index in [4.69, 9.17) is 21.0 Å².